The number of halogens is 6. The quantitative estimate of drug-likeness (QED) is 0.0339. The third-order valence-electron chi connectivity index (χ3n) is 9.40. The summed E-state index contributed by atoms with van der Waals surface area (Å²) in [5.41, 5.74) is 10.1. The minimum Gasteiger partial charge on any atom is -0.697 e. The van der Waals surface area contributed by atoms with Gasteiger partial charge in [0, 0.05) is 41.7 Å². The molecule has 2 atom stereocenters. The standard InChI is InChI=1S/C23H20F6N6O.C19H15N3O6.CH3.Ru/c24-22(25,26)19(32)10-14(30)16-8-12(9-17(35-16)15(31)11-20(33)23(27,28)29)13-4-1-2-5-18(13)36-21-6-3-7-34-21;1-19(18(27)28)3-5-21-15(9-19)14-8-11(17(25)26)7-13(22-14)12-6-10(16(23)24)2-4-20-12;;/h1-2,4-5,8-11,21,30-34H,3,6-7H2;2,4-9H,3H2,1H3,(H,23,24)(H,25,26)(H,27,28);1H3;/q-2;;-1;+3/p+1/b14-10-,15-11-,32-19?,33-20?;;;. The Hall–Kier alpha value is -7.13. The Bertz CT molecular complexity index is 2590. The topological polar surface area (TPSA) is 281 Å². The number of hydrogen-bond donors (Lipinski definition) is 6. The number of H-pyrrole nitrogens is 1. The van der Waals surface area contributed by atoms with Crippen LogP contribution in [0.4, 0.5) is 26.3 Å². The molecule has 0 spiro atoms. The number of aliphatic carboxylic acids is 1. The monoisotopic (exact) mass is 1010 g/mol. The third-order valence-corrected chi connectivity index (χ3v) is 9.40. The van der Waals surface area contributed by atoms with Crippen LogP contribution in [0.15, 0.2) is 90.1 Å². The first-order valence-electron chi connectivity index (χ1n) is 18.7. The van der Waals surface area contributed by atoms with Crippen LogP contribution in [0.25, 0.3) is 51.1 Å². The fourth-order valence-corrected chi connectivity index (χ4v) is 5.97. The van der Waals surface area contributed by atoms with Crippen molar-refractivity contribution in [1.82, 2.24) is 15.3 Å². The van der Waals surface area contributed by atoms with Crippen LogP contribution in [0.2, 0.25) is 0 Å². The van der Waals surface area contributed by atoms with E-state index in [-0.39, 0.29) is 85.5 Å². The molecular weight excluding hydrogens is 970 g/mol. The molecule has 2 unspecified atom stereocenters. The van der Waals surface area contributed by atoms with E-state index in [1.54, 1.807) is 24.3 Å². The zero-order valence-electron chi connectivity index (χ0n) is 34.5. The first-order valence-corrected chi connectivity index (χ1v) is 18.7. The minimum absolute atomic E-state index is 0. The van der Waals surface area contributed by atoms with Crippen LogP contribution in [0, 0.1) is 23.7 Å². The van der Waals surface area contributed by atoms with Gasteiger partial charge in [-0.15, -0.1) is 11.4 Å². The van der Waals surface area contributed by atoms with Crippen LogP contribution in [-0.4, -0.2) is 86.0 Å². The summed E-state index contributed by atoms with van der Waals surface area (Å²) in [6.07, 6.45) is -3.82. The fourth-order valence-electron chi connectivity index (χ4n) is 5.97. The van der Waals surface area contributed by atoms with Gasteiger partial charge in [-0.05, 0) is 80.4 Å². The van der Waals surface area contributed by atoms with Crippen molar-refractivity contribution in [3.05, 3.63) is 132 Å². The number of ether oxygens (including phenoxy) is 1. The molecule has 0 saturated carbocycles. The average molecular weight is 1010 g/mol. The van der Waals surface area contributed by atoms with Crippen molar-refractivity contribution in [2.45, 2.75) is 44.8 Å². The molecule has 4 aromatic rings. The number of aliphatic imine (C=N–C) groups is 1. The van der Waals surface area contributed by atoms with E-state index >= 15 is 0 Å². The number of carboxylic acid groups (broad SMARTS) is 3. The van der Waals surface area contributed by atoms with Crippen molar-refractivity contribution in [2.24, 2.45) is 10.4 Å². The molecule has 1 radical (unpaired) electrons. The molecule has 16 nitrogen and oxygen atoms in total. The number of allylic oxidation sites excluding steroid dienone is 2. The van der Waals surface area contributed by atoms with Crippen molar-refractivity contribution in [1.29, 1.82) is 10.8 Å². The van der Waals surface area contributed by atoms with Crippen molar-refractivity contribution in [3.8, 4) is 28.3 Å². The Balaban J connectivity index is 0.000000350. The van der Waals surface area contributed by atoms with Gasteiger partial charge in [-0.25, -0.2) is 19.6 Å². The van der Waals surface area contributed by atoms with E-state index in [1.165, 1.54) is 61.8 Å². The minimum atomic E-state index is -5.02. The Morgan fingerprint density at radius 2 is 1.44 bits per heavy atom. The number of carboxylic acids is 3. The number of benzene rings is 1. The summed E-state index contributed by atoms with van der Waals surface area (Å²) < 4.78 is 82.8. The number of aromatic carboxylic acids is 2. The van der Waals surface area contributed by atoms with E-state index in [2.05, 4.69) is 25.3 Å². The summed E-state index contributed by atoms with van der Waals surface area (Å²) in [6.45, 7) is 2.28. The molecule has 0 aliphatic carbocycles. The second kappa shape index (κ2) is 21.7. The van der Waals surface area contributed by atoms with E-state index in [9.17, 15) is 50.9 Å². The molecule has 6 rings (SSSR count). The molecular formula is C43H39F6N9O7Ru+. The van der Waals surface area contributed by atoms with Crippen LogP contribution in [-0.2, 0) is 24.3 Å². The summed E-state index contributed by atoms with van der Waals surface area (Å²) in [6, 6.07) is 14.3. The molecule has 0 amide bonds. The molecule has 3 aromatic heterocycles. The number of nitrogens with zero attached hydrogens (tertiary/aromatic N) is 3. The summed E-state index contributed by atoms with van der Waals surface area (Å²) in [5.74, 6) is -3.02. The second-order valence-electron chi connectivity index (χ2n) is 14.3. The van der Waals surface area contributed by atoms with E-state index < -0.39 is 69.9 Å². The molecule has 347 valence electrons. The Kier molecular flexibility index (Phi) is 17.5. The summed E-state index contributed by atoms with van der Waals surface area (Å²) in [7, 11) is 0. The molecule has 9 N–H and O–H groups in total. The normalized spacial score (nSPS) is 17.2. The Morgan fingerprint density at radius 3 is 1.97 bits per heavy atom. The summed E-state index contributed by atoms with van der Waals surface area (Å²) in [5, 5.41) is 45.4. The van der Waals surface area contributed by atoms with Crippen molar-refractivity contribution >= 4 is 52.6 Å². The van der Waals surface area contributed by atoms with Crippen molar-refractivity contribution in [2.75, 3.05) is 6.54 Å². The zero-order valence-corrected chi connectivity index (χ0v) is 36.2. The Labute approximate surface area is 385 Å². The molecule has 1 saturated heterocycles. The largest absolute Gasteiger partial charge is 3.00 e. The number of alkyl halides is 6. The first-order chi connectivity index (χ1) is 29.9. The number of aromatic amines is 1. The van der Waals surface area contributed by atoms with Crippen LogP contribution in [0.1, 0.15) is 64.0 Å². The van der Waals surface area contributed by atoms with Crippen LogP contribution in [0.3, 0.4) is 0 Å². The van der Waals surface area contributed by atoms with E-state index in [0.29, 0.717) is 17.0 Å². The van der Waals surface area contributed by atoms with Gasteiger partial charge >= 0.3 is 49.7 Å². The maximum absolute atomic E-state index is 12.8. The van der Waals surface area contributed by atoms with Gasteiger partial charge in [0.1, 0.15) is 29.1 Å². The number of para-hydroxylation sites is 1. The van der Waals surface area contributed by atoms with Gasteiger partial charge in [-0.2, -0.15) is 26.3 Å². The maximum atomic E-state index is 12.8. The molecule has 23 heteroatoms. The van der Waals surface area contributed by atoms with Gasteiger partial charge in [-0.3, -0.25) is 30.9 Å². The van der Waals surface area contributed by atoms with Crippen molar-refractivity contribution < 1.29 is 85.2 Å². The molecule has 2 aliphatic rings. The van der Waals surface area contributed by atoms with Gasteiger partial charge < -0.3 is 39.0 Å². The third kappa shape index (κ3) is 13.5. The predicted molar refractivity (Wildman–Crippen MR) is 227 cm³/mol. The molecule has 5 heterocycles. The summed E-state index contributed by atoms with van der Waals surface area (Å²) >= 11 is 0. The van der Waals surface area contributed by atoms with Crippen LogP contribution >= 0.6 is 0 Å². The van der Waals surface area contributed by atoms with E-state index in [0.717, 1.165) is 19.4 Å². The number of aromatic nitrogens is 3. The maximum Gasteiger partial charge on any atom is 3.00 e. The molecule has 2 aliphatic heterocycles. The number of nitrogens with one attached hydrogen (secondary N) is 6. The van der Waals surface area contributed by atoms with Crippen LogP contribution in [0.5, 0.6) is 5.75 Å². The second-order valence-corrected chi connectivity index (χ2v) is 14.3. The first kappa shape index (κ1) is 53.2. The summed E-state index contributed by atoms with van der Waals surface area (Å²) in [4.78, 5) is 49.5. The SMILES string of the molecule is CC1(C(=O)O)C=C(c2cc(C(=O)O)cc(-c3cc(C(=O)O)cc[nH+]3)n2)N=CC1.N=C(/C=C(\[NH-])c1cc(-c2ccccc2OC2CCCN2)cc(/C([NH-])=C/C(=N)C(F)(F)F)n1)C(F)(F)F.[CH3-].[Ru+3]. The van der Waals surface area contributed by atoms with Crippen LogP contribution < -0.4 is 15.0 Å². The average Bonchev–Trinajstić information content (AvgIpc) is 3.76. The number of pyridine rings is 3. The fraction of sp³-hybridized carbons (Fsp3) is 0.209. The van der Waals surface area contributed by atoms with E-state index in [4.69, 9.17) is 32.1 Å². The molecule has 0 bridgehead atoms. The molecule has 66 heavy (non-hydrogen) atoms. The molecule has 1 aromatic carbocycles. The zero-order chi connectivity index (χ0) is 47.1. The van der Waals surface area contributed by atoms with Crippen molar-refractivity contribution in [3.63, 3.8) is 0 Å². The smallest absolute Gasteiger partial charge is 0.697 e. The number of carbonyl (C=O) groups is 3. The number of hydrogen-bond acceptors (Lipinski definition) is 10. The number of rotatable bonds is 12. The van der Waals surface area contributed by atoms with Gasteiger partial charge in [0.15, 0.2) is 6.20 Å². The predicted octanol–water partition coefficient (Wildman–Crippen LogP) is 9.10. The van der Waals surface area contributed by atoms with Gasteiger partial charge in [0.2, 0.25) is 5.69 Å². The van der Waals surface area contributed by atoms with Gasteiger partial charge in [-0.1, -0.05) is 18.2 Å². The Morgan fingerprint density at radius 1 is 0.864 bits per heavy atom. The van der Waals surface area contributed by atoms with E-state index in [1.807, 2.05) is 0 Å². The van der Waals surface area contributed by atoms with Gasteiger partial charge in [0.25, 0.3) is 0 Å². The molecule has 1 fully saturated rings. The van der Waals surface area contributed by atoms with Gasteiger partial charge in [0.05, 0.1) is 27.9 Å².